The first kappa shape index (κ1) is 15.3. The average molecular weight is 313 g/mol. The predicted octanol–water partition coefficient (Wildman–Crippen LogP) is 2.03. The Hall–Kier alpha value is -1.63. The van der Waals surface area contributed by atoms with Crippen LogP contribution < -0.4 is 11.1 Å². The molecule has 1 aromatic heterocycles. The lowest BCUT2D eigenvalue weighted by Crippen LogP contribution is -2.70. The summed E-state index contributed by atoms with van der Waals surface area (Å²) in [5.41, 5.74) is 5.19. The largest absolute Gasteiger partial charge is 0.433 e. The number of nitrogens with zero attached hydrogens (tertiary/aromatic N) is 1. The highest BCUT2D eigenvalue weighted by Gasteiger charge is 2.57. The summed E-state index contributed by atoms with van der Waals surface area (Å²) in [6.07, 6.45) is -0.756. The smallest absolute Gasteiger partial charge is 0.352 e. The quantitative estimate of drug-likeness (QED) is 0.897. The van der Waals surface area contributed by atoms with Crippen molar-refractivity contribution in [3.63, 3.8) is 0 Å². The van der Waals surface area contributed by atoms with Gasteiger partial charge in [0.1, 0.15) is 5.69 Å². The topological polar surface area (TPSA) is 68.0 Å². The van der Waals surface area contributed by atoms with E-state index in [1.54, 1.807) is 0 Å². The highest BCUT2D eigenvalue weighted by Crippen LogP contribution is 2.55. The Kier molecular flexibility index (Phi) is 3.63. The summed E-state index contributed by atoms with van der Waals surface area (Å²) in [6.45, 7) is 0. The fourth-order valence-electron chi connectivity index (χ4n) is 3.47. The maximum absolute atomic E-state index is 12.6. The van der Waals surface area contributed by atoms with Crippen molar-refractivity contribution in [2.75, 3.05) is 0 Å². The zero-order valence-electron chi connectivity index (χ0n) is 12.0. The molecule has 4 nitrogen and oxygen atoms in total. The van der Waals surface area contributed by atoms with E-state index in [0.29, 0.717) is 0 Å². The average Bonchev–Trinajstić information content (AvgIpc) is 2.35. The molecule has 0 aromatic carbocycles. The van der Waals surface area contributed by atoms with E-state index in [9.17, 15) is 18.0 Å². The molecule has 1 aromatic rings. The molecule has 3 N–H and O–H groups in total. The van der Waals surface area contributed by atoms with Gasteiger partial charge in [-0.15, -0.1) is 0 Å². The summed E-state index contributed by atoms with van der Waals surface area (Å²) in [5.74, 6) is -0.296. The second-order valence-electron chi connectivity index (χ2n) is 6.24. The Labute approximate surface area is 126 Å². The molecule has 2 unspecified atom stereocenters. The van der Waals surface area contributed by atoms with Crippen molar-refractivity contribution in [2.45, 2.75) is 50.4 Å². The number of carbonyl (C=O) groups is 1. The number of hydrogen-bond acceptors (Lipinski definition) is 3. The molecule has 0 aliphatic heterocycles. The summed E-state index contributed by atoms with van der Waals surface area (Å²) < 4.78 is 37.8. The standard InChI is InChI=1S/C15H18F3N3O/c16-15(17,18)11-4-1-3-9(20-11)7-13(22)21-12-8-10(19)14(12)5-2-6-14/h1,3-4,10,12H,2,5-8,19H2,(H,21,22). The van der Waals surface area contributed by atoms with Crippen molar-refractivity contribution in [1.82, 2.24) is 10.3 Å². The highest BCUT2D eigenvalue weighted by molar-refractivity contribution is 5.78. The molecular formula is C15H18F3N3O. The molecule has 7 heteroatoms. The lowest BCUT2D eigenvalue weighted by atomic mass is 9.50. The van der Waals surface area contributed by atoms with E-state index in [2.05, 4.69) is 10.3 Å². The number of alkyl halides is 3. The van der Waals surface area contributed by atoms with Crippen molar-refractivity contribution < 1.29 is 18.0 Å². The van der Waals surface area contributed by atoms with Crippen LogP contribution in [0.2, 0.25) is 0 Å². The van der Waals surface area contributed by atoms with Gasteiger partial charge in [-0.3, -0.25) is 4.79 Å². The second kappa shape index (κ2) is 5.22. The van der Waals surface area contributed by atoms with Gasteiger partial charge in [-0.1, -0.05) is 12.5 Å². The van der Waals surface area contributed by atoms with Gasteiger partial charge >= 0.3 is 6.18 Å². The van der Waals surface area contributed by atoms with Crippen LogP contribution in [0.4, 0.5) is 13.2 Å². The van der Waals surface area contributed by atoms with Gasteiger partial charge < -0.3 is 11.1 Å². The third kappa shape index (κ3) is 2.58. The van der Waals surface area contributed by atoms with Crippen LogP contribution in [0.5, 0.6) is 0 Å². The monoisotopic (exact) mass is 313 g/mol. The minimum Gasteiger partial charge on any atom is -0.352 e. The number of nitrogens with one attached hydrogen (secondary N) is 1. The molecule has 1 spiro atoms. The third-order valence-electron chi connectivity index (χ3n) is 4.98. The van der Waals surface area contributed by atoms with E-state index in [1.807, 2.05) is 0 Å². The molecule has 3 rings (SSSR count). The van der Waals surface area contributed by atoms with Gasteiger partial charge in [0.2, 0.25) is 5.91 Å². The van der Waals surface area contributed by atoms with E-state index in [1.165, 1.54) is 12.1 Å². The Morgan fingerprint density at radius 3 is 2.68 bits per heavy atom. The first-order valence-electron chi connectivity index (χ1n) is 7.39. The second-order valence-corrected chi connectivity index (χ2v) is 6.24. The number of amides is 1. The van der Waals surface area contributed by atoms with Crippen LogP contribution in [-0.4, -0.2) is 23.0 Å². The van der Waals surface area contributed by atoms with Crippen LogP contribution in [0.15, 0.2) is 18.2 Å². The number of rotatable bonds is 3. The van der Waals surface area contributed by atoms with Gasteiger partial charge in [-0.25, -0.2) is 4.98 Å². The van der Waals surface area contributed by atoms with E-state index < -0.39 is 11.9 Å². The molecule has 0 radical (unpaired) electrons. The lowest BCUT2D eigenvalue weighted by Gasteiger charge is -2.60. The molecule has 2 fully saturated rings. The number of nitrogens with two attached hydrogens (primary N) is 1. The molecule has 120 valence electrons. The van der Waals surface area contributed by atoms with Crippen LogP contribution in [0.25, 0.3) is 0 Å². The molecule has 22 heavy (non-hydrogen) atoms. The van der Waals surface area contributed by atoms with Crippen molar-refractivity contribution in [2.24, 2.45) is 11.1 Å². The van der Waals surface area contributed by atoms with Crippen LogP contribution in [-0.2, 0) is 17.4 Å². The zero-order chi connectivity index (χ0) is 16.0. The summed E-state index contributed by atoms with van der Waals surface area (Å²) >= 11 is 0. The van der Waals surface area contributed by atoms with Gasteiger partial charge in [0, 0.05) is 17.5 Å². The Morgan fingerprint density at radius 2 is 2.14 bits per heavy atom. The molecular weight excluding hydrogens is 295 g/mol. The van der Waals surface area contributed by atoms with Crippen LogP contribution in [0.3, 0.4) is 0 Å². The summed E-state index contributed by atoms with van der Waals surface area (Å²) in [4.78, 5) is 15.5. The maximum Gasteiger partial charge on any atom is 0.433 e. The molecule has 1 heterocycles. The summed E-state index contributed by atoms with van der Waals surface area (Å²) in [7, 11) is 0. The third-order valence-corrected chi connectivity index (χ3v) is 4.98. The van der Waals surface area contributed by atoms with E-state index in [0.717, 1.165) is 31.7 Å². The van der Waals surface area contributed by atoms with Gasteiger partial charge in [-0.2, -0.15) is 13.2 Å². The first-order valence-corrected chi connectivity index (χ1v) is 7.39. The molecule has 1 amide bonds. The molecule has 0 bridgehead atoms. The Bertz CT molecular complexity index is 584. The highest BCUT2D eigenvalue weighted by atomic mass is 19.4. The Morgan fingerprint density at radius 1 is 1.41 bits per heavy atom. The van der Waals surface area contributed by atoms with E-state index >= 15 is 0 Å². The number of pyridine rings is 1. The van der Waals surface area contributed by atoms with Gasteiger partial charge in [-0.05, 0) is 31.4 Å². The van der Waals surface area contributed by atoms with Gasteiger partial charge in [0.05, 0.1) is 12.1 Å². The fraction of sp³-hybridized carbons (Fsp3) is 0.600. The Balaban J connectivity index is 1.61. The summed E-state index contributed by atoms with van der Waals surface area (Å²) in [5, 5.41) is 2.91. The number of halogens is 3. The van der Waals surface area contributed by atoms with Crippen molar-refractivity contribution >= 4 is 5.91 Å². The normalized spacial score (nSPS) is 26.2. The maximum atomic E-state index is 12.6. The predicted molar refractivity (Wildman–Crippen MR) is 73.8 cm³/mol. The zero-order valence-corrected chi connectivity index (χ0v) is 12.0. The SMILES string of the molecule is NC1CC(NC(=O)Cc2cccc(C(F)(F)F)n2)C12CCC2. The van der Waals surface area contributed by atoms with Gasteiger partial charge in [0.25, 0.3) is 0 Å². The molecule has 2 aliphatic rings. The van der Waals surface area contributed by atoms with Crippen molar-refractivity contribution in [1.29, 1.82) is 0 Å². The van der Waals surface area contributed by atoms with Crippen molar-refractivity contribution in [3.8, 4) is 0 Å². The summed E-state index contributed by atoms with van der Waals surface area (Å²) in [6, 6.07) is 3.77. The van der Waals surface area contributed by atoms with Crippen LogP contribution in [0, 0.1) is 5.41 Å². The number of hydrogen-bond donors (Lipinski definition) is 2. The number of aromatic nitrogens is 1. The first-order chi connectivity index (χ1) is 10.3. The molecule has 2 saturated carbocycles. The van der Waals surface area contributed by atoms with Gasteiger partial charge in [0.15, 0.2) is 0 Å². The van der Waals surface area contributed by atoms with Crippen LogP contribution >= 0.6 is 0 Å². The molecule has 2 atom stereocenters. The molecule has 2 aliphatic carbocycles. The number of carbonyl (C=O) groups excluding carboxylic acids is 1. The van der Waals surface area contributed by atoms with E-state index in [-0.39, 0.29) is 35.5 Å². The van der Waals surface area contributed by atoms with E-state index in [4.69, 9.17) is 5.73 Å². The lowest BCUT2D eigenvalue weighted by molar-refractivity contribution is -0.141. The van der Waals surface area contributed by atoms with Crippen molar-refractivity contribution in [3.05, 3.63) is 29.6 Å². The van der Waals surface area contributed by atoms with Crippen LogP contribution in [0.1, 0.15) is 37.1 Å². The molecule has 0 saturated heterocycles. The minimum atomic E-state index is -4.50. The minimum absolute atomic E-state index is 0.0247. The fourth-order valence-corrected chi connectivity index (χ4v) is 3.47.